The number of hydrogen-bond donors (Lipinski definition) is 0. The SMILES string of the molecule is CC(C)Cc1cc(-c2[c-]cc(F)cc2)nc[c]1[Ge]([CH3])([CH3])[CH3].Cc1cc(-c2ccccc2)cc(C)c1-n1c(-c2[c-]ccc3c2oc2nc(CC(C)C)ccc23)nc2ccc3ccccc3c21.[Ir]. The number of furan rings is 1. The van der Waals surface area contributed by atoms with Gasteiger partial charge in [-0.2, -0.15) is 0 Å². The first-order valence-electron chi connectivity index (χ1n) is 22.7. The summed E-state index contributed by atoms with van der Waals surface area (Å²) in [7, 11) is 0. The summed E-state index contributed by atoms with van der Waals surface area (Å²) in [5.74, 6) is 8.85. The van der Waals surface area contributed by atoms with Crippen molar-refractivity contribution in [1.82, 2.24) is 19.5 Å². The molecule has 10 aromatic rings. The van der Waals surface area contributed by atoms with Crippen LogP contribution in [0.4, 0.5) is 4.39 Å². The third-order valence-electron chi connectivity index (χ3n) is 12.0. The zero-order chi connectivity index (χ0) is 45.6. The predicted molar refractivity (Wildman–Crippen MR) is 271 cm³/mol. The van der Waals surface area contributed by atoms with Gasteiger partial charge >= 0.3 is 130 Å². The molecule has 0 saturated carbocycles. The van der Waals surface area contributed by atoms with Crippen LogP contribution in [0.25, 0.3) is 83.3 Å². The molecular formula is C58H55FGeIrN4O-2. The Hall–Kier alpha value is -5.73. The second-order valence-corrected chi connectivity index (χ2v) is 29.8. The number of imidazole rings is 1. The summed E-state index contributed by atoms with van der Waals surface area (Å²) in [4.78, 5) is 14.8. The van der Waals surface area contributed by atoms with Gasteiger partial charge in [-0.25, -0.2) is 4.98 Å². The van der Waals surface area contributed by atoms with Crippen LogP contribution in [0.1, 0.15) is 50.1 Å². The summed E-state index contributed by atoms with van der Waals surface area (Å²) < 4.78 is 23.4. The summed E-state index contributed by atoms with van der Waals surface area (Å²) >= 11 is -1.93. The summed E-state index contributed by atoms with van der Waals surface area (Å²) in [6.07, 6.45) is 4.02. The Morgan fingerprint density at radius 2 is 1.44 bits per heavy atom. The van der Waals surface area contributed by atoms with E-state index in [9.17, 15) is 4.39 Å². The third-order valence-corrected chi connectivity index (χ3v) is 16.4. The summed E-state index contributed by atoms with van der Waals surface area (Å²) in [5, 5.41) is 4.37. The predicted octanol–water partition coefficient (Wildman–Crippen LogP) is 14.9. The minimum absolute atomic E-state index is 0. The number of aromatic nitrogens is 4. The van der Waals surface area contributed by atoms with E-state index in [-0.39, 0.29) is 25.9 Å². The molecule has 4 aromatic heterocycles. The van der Waals surface area contributed by atoms with Gasteiger partial charge in [0.1, 0.15) is 0 Å². The van der Waals surface area contributed by atoms with Crippen LogP contribution >= 0.6 is 0 Å². The Morgan fingerprint density at radius 1 is 0.712 bits per heavy atom. The first-order chi connectivity index (χ1) is 31.2. The third kappa shape index (κ3) is 9.44. The van der Waals surface area contributed by atoms with Gasteiger partial charge in [-0.15, -0.1) is 18.2 Å². The number of benzene rings is 6. The molecular weight excluding hydrogens is 1050 g/mol. The van der Waals surface area contributed by atoms with Crippen LogP contribution in [0.2, 0.25) is 17.3 Å². The van der Waals surface area contributed by atoms with Crippen LogP contribution in [-0.4, -0.2) is 32.8 Å². The summed E-state index contributed by atoms with van der Waals surface area (Å²) in [6, 6.07) is 49.5. The van der Waals surface area contributed by atoms with Crippen LogP contribution in [0.3, 0.4) is 0 Å². The molecule has 1 radical (unpaired) electrons. The first-order valence-corrected chi connectivity index (χ1v) is 30.0. The molecule has 0 spiro atoms. The van der Waals surface area contributed by atoms with Crippen LogP contribution in [0.5, 0.6) is 0 Å². The standard InChI is InChI=1S/C40H32N3O.C18H23FGeN.Ir/c1-24(2)21-30-18-19-33-32-15-10-16-34(38(32)44-40(33)41-30)39-42-35-20-17-28-13-8-9-14-31(28)37(35)43(39)36-25(3)22-29(23-26(36)4)27-11-6-5-7-12-27;1-13(2)10-15-11-18(14-6-8-16(19)9-7-14)21-12-17(15)20(3,4)5;/h5-15,17-20,22-24H,21H2,1-4H3;6,8-9,11-13H,10H2,1-5H3;/q2*-1;. The van der Waals surface area contributed by atoms with Gasteiger partial charge in [0.2, 0.25) is 5.71 Å². The van der Waals surface area contributed by atoms with E-state index in [4.69, 9.17) is 14.4 Å². The van der Waals surface area contributed by atoms with E-state index in [0.717, 1.165) is 79.6 Å². The molecule has 0 N–H and O–H groups in total. The molecule has 10 rings (SSSR count). The Bertz CT molecular complexity index is 3320. The molecule has 8 heteroatoms. The summed E-state index contributed by atoms with van der Waals surface area (Å²) in [6.45, 7) is 13.3. The molecule has 0 aliphatic heterocycles. The fraction of sp³-hybridized carbons (Fsp3) is 0.224. The zero-order valence-corrected chi connectivity index (χ0v) is 43.7. The van der Waals surface area contributed by atoms with Crippen molar-refractivity contribution in [3.63, 3.8) is 0 Å². The number of pyridine rings is 2. The van der Waals surface area contributed by atoms with Gasteiger partial charge in [0.15, 0.2) is 0 Å². The van der Waals surface area contributed by atoms with E-state index in [1.54, 1.807) is 6.07 Å². The summed E-state index contributed by atoms with van der Waals surface area (Å²) in [5.41, 5.74) is 14.3. The van der Waals surface area contributed by atoms with E-state index in [0.29, 0.717) is 17.5 Å². The normalized spacial score (nSPS) is 11.8. The zero-order valence-electron chi connectivity index (χ0n) is 39.2. The van der Waals surface area contributed by atoms with Crippen molar-refractivity contribution in [3.05, 3.63) is 174 Å². The van der Waals surface area contributed by atoms with Gasteiger partial charge in [-0.05, 0) is 84.2 Å². The minimum Gasteiger partial charge on any atom is -0.486 e. The Morgan fingerprint density at radius 3 is 2.14 bits per heavy atom. The van der Waals surface area contributed by atoms with Crippen molar-refractivity contribution >= 4 is 61.5 Å². The van der Waals surface area contributed by atoms with Crippen molar-refractivity contribution in [1.29, 1.82) is 0 Å². The second-order valence-electron chi connectivity index (χ2n) is 19.2. The Kier molecular flexibility index (Phi) is 13.6. The average Bonchev–Trinajstić information content (AvgIpc) is 3.85. The number of nitrogens with zero attached hydrogens (tertiary/aromatic N) is 4. The van der Waals surface area contributed by atoms with E-state index in [1.165, 1.54) is 49.7 Å². The van der Waals surface area contributed by atoms with Gasteiger partial charge < -0.3 is 8.98 Å². The first kappa shape index (κ1) is 46.8. The van der Waals surface area contributed by atoms with E-state index in [2.05, 4.69) is 184 Å². The number of fused-ring (bicyclic) bond motifs is 6. The molecule has 66 heavy (non-hydrogen) atoms. The van der Waals surface area contributed by atoms with Gasteiger partial charge in [-0.3, -0.25) is 4.98 Å². The quantitative estimate of drug-likeness (QED) is 0.107. The topological polar surface area (TPSA) is 56.7 Å². The molecule has 0 amide bonds. The van der Waals surface area contributed by atoms with Gasteiger partial charge in [0, 0.05) is 42.3 Å². The van der Waals surface area contributed by atoms with Crippen molar-refractivity contribution in [2.45, 2.75) is 71.7 Å². The van der Waals surface area contributed by atoms with Crippen LogP contribution in [0.15, 0.2) is 138 Å². The molecule has 0 fully saturated rings. The van der Waals surface area contributed by atoms with Crippen LogP contribution < -0.4 is 4.40 Å². The number of rotatable bonds is 9. The van der Waals surface area contributed by atoms with Crippen LogP contribution in [-0.2, 0) is 32.9 Å². The Labute approximate surface area is 404 Å². The maximum absolute atomic E-state index is 13.0. The molecule has 335 valence electrons. The number of hydrogen-bond acceptors (Lipinski definition) is 4. The second kappa shape index (κ2) is 19.2. The van der Waals surface area contributed by atoms with E-state index in [1.807, 2.05) is 12.3 Å². The molecule has 0 atom stereocenters. The van der Waals surface area contributed by atoms with Crippen LogP contribution in [0, 0.1) is 43.6 Å². The van der Waals surface area contributed by atoms with Crippen molar-refractivity contribution < 1.29 is 28.9 Å². The maximum atomic E-state index is 13.0. The van der Waals surface area contributed by atoms with E-state index >= 15 is 0 Å². The molecule has 0 unspecified atom stereocenters. The molecule has 0 aliphatic carbocycles. The van der Waals surface area contributed by atoms with Crippen molar-refractivity contribution in [3.8, 4) is 39.5 Å². The monoisotopic (exact) mass is 1110 g/mol. The molecule has 4 heterocycles. The average molecular weight is 1110 g/mol. The fourth-order valence-electron chi connectivity index (χ4n) is 9.18. The molecule has 6 aromatic carbocycles. The minimum atomic E-state index is -1.93. The Balaban J connectivity index is 0.000000228. The van der Waals surface area contributed by atoms with Gasteiger partial charge in [0.05, 0.1) is 22.4 Å². The molecule has 5 nitrogen and oxygen atoms in total. The smallest absolute Gasteiger partial charge is 0.216 e. The molecule has 0 bridgehead atoms. The molecule has 0 saturated heterocycles. The van der Waals surface area contributed by atoms with Crippen molar-refractivity contribution in [2.75, 3.05) is 0 Å². The largest absolute Gasteiger partial charge is 0.486 e. The van der Waals surface area contributed by atoms with Gasteiger partial charge in [-0.1, -0.05) is 85.5 Å². The number of aryl methyl sites for hydroxylation is 2. The van der Waals surface area contributed by atoms with Gasteiger partial charge in [0.25, 0.3) is 0 Å². The fourth-order valence-corrected chi connectivity index (χ4v) is 12.5. The van der Waals surface area contributed by atoms with E-state index < -0.39 is 13.3 Å². The van der Waals surface area contributed by atoms with Crippen molar-refractivity contribution in [2.24, 2.45) is 11.8 Å². The number of halogens is 1. The maximum Gasteiger partial charge on any atom is 0.216 e. The molecule has 0 aliphatic rings.